The molecule has 0 unspecified atom stereocenters. The lowest BCUT2D eigenvalue weighted by molar-refractivity contribution is -0.0484. The normalized spacial score (nSPS) is 26.5. The number of carbonyl (C=O) groups is 1. The number of amides is 1. The largest absolute Gasteiger partial charge is 0.374 e. The summed E-state index contributed by atoms with van der Waals surface area (Å²) in [7, 11) is 0. The van der Waals surface area contributed by atoms with Crippen molar-refractivity contribution in [3.05, 3.63) is 48.0 Å². The highest BCUT2D eigenvalue weighted by molar-refractivity contribution is 6.07. The van der Waals surface area contributed by atoms with Crippen molar-refractivity contribution < 1.29 is 14.3 Å². The van der Waals surface area contributed by atoms with Gasteiger partial charge in [-0.25, -0.2) is 0 Å². The second kappa shape index (κ2) is 6.54. The highest BCUT2D eigenvalue weighted by Crippen LogP contribution is 2.33. The summed E-state index contributed by atoms with van der Waals surface area (Å²) in [6.07, 6.45) is 2.04. The first-order chi connectivity index (χ1) is 11.8. The fourth-order valence-electron chi connectivity index (χ4n) is 4.12. The quantitative estimate of drug-likeness (QED) is 0.869. The van der Waals surface area contributed by atoms with Crippen LogP contribution in [0.4, 0.5) is 0 Å². The Morgan fingerprint density at radius 1 is 1.21 bits per heavy atom. The van der Waals surface area contributed by atoms with Crippen LogP contribution >= 0.6 is 0 Å². The monoisotopic (exact) mass is 325 g/mol. The van der Waals surface area contributed by atoms with Crippen molar-refractivity contribution in [3.63, 3.8) is 0 Å². The minimum atomic E-state index is -0.00331. The summed E-state index contributed by atoms with van der Waals surface area (Å²) in [6, 6.07) is 14.1. The van der Waals surface area contributed by atoms with Crippen molar-refractivity contribution in [1.29, 1.82) is 0 Å². The van der Waals surface area contributed by atoms with Gasteiger partial charge in [0.15, 0.2) is 0 Å². The molecule has 0 N–H and O–H groups in total. The molecule has 1 aliphatic carbocycles. The molecule has 0 spiro atoms. The first kappa shape index (κ1) is 15.6. The maximum atomic E-state index is 13.3. The molecule has 1 aliphatic heterocycles. The zero-order valence-corrected chi connectivity index (χ0v) is 14.0. The minimum absolute atomic E-state index is 0.00331. The van der Waals surface area contributed by atoms with Crippen molar-refractivity contribution in [3.8, 4) is 0 Å². The van der Waals surface area contributed by atoms with Gasteiger partial charge in [0.1, 0.15) is 6.10 Å². The molecule has 0 aromatic heterocycles. The average molecular weight is 325 g/mol. The Kier molecular flexibility index (Phi) is 4.25. The van der Waals surface area contributed by atoms with E-state index in [-0.39, 0.29) is 24.2 Å². The average Bonchev–Trinajstić information content (AvgIpc) is 2.90. The van der Waals surface area contributed by atoms with E-state index in [0.29, 0.717) is 19.8 Å². The molecular formula is C20H23NO3. The Hall–Kier alpha value is -1.91. The molecule has 2 aromatic rings. The predicted molar refractivity (Wildman–Crippen MR) is 93.2 cm³/mol. The number of ether oxygens (including phenoxy) is 2. The predicted octanol–water partition coefficient (Wildman–Crippen LogP) is 3.25. The molecule has 1 amide bonds. The van der Waals surface area contributed by atoms with Crippen molar-refractivity contribution in [2.75, 3.05) is 19.8 Å². The van der Waals surface area contributed by atoms with Gasteiger partial charge < -0.3 is 14.4 Å². The van der Waals surface area contributed by atoms with Gasteiger partial charge in [0.05, 0.1) is 18.8 Å². The van der Waals surface area contributed by atoms with Crippen molar-refractivity contribution in [2.45, 2.75) is 38.0 Å². The van der Waals surface area contributed by atoms with Gasteiger partial charge >= 0.3 is 0 Å². The maximum Gasteiger partial charge on any atom is 0.254 e. The molecule has 1 heterocycles. The standard InChI is InChI=1S/C20H23NO3/c1-2-23-19-17-10-11-18(19)24-13-12-21(17)20(22)16-9-5-7-14-6-3-4-8-15(14)16/h3-9,17-19H,2,10-13H2,1H3/t17-,18-,19+/m1/s1. The smallest absolute Gasteiger partial charge is 0.254 e. The van der Waals surface area contributed by atoms with Crippen LogP contribution < -0.4 is 0 Å². The van der Waals surface area contributed by atoms with Gasteiger partial charge in [-0.1, -0.05) is 36.4 Å². The van der Waals surface area contributed by atoms with E-state index in [1.54, 1.807) is 0 Å². The van der Waals surface area contributed by atoms with Crippen LogP contribution in [-0.4, -0.2) is 48.8 Å². The molecule has 2 aliphatic rings. The lowest BCUT2D eigenvalue weighted by atomic mass is 10.0. The molecule has 4 rings (SSSR count). The number of carbonyl (C=O) groups excluding carboxylic acids is 1. The van der Waals surface area contributed by atoms with Crippen LogP contribution in [0.15, 0.2) is 42.5 Å². The second-order valence-corrected chi connectivity index (χ2v) is 6.50. The van der Waals surface area contributed by atoms with Crippen LogP contribution in [0.1, 0.15) is 30.1 Å². The molecule has 126 valence electrons. The number of hydrogen-bond donors (Lipinski definition) is 0. The number of nitrogens with zero attached hydrogens (tertiary/aromatic N) is 1. The second-order valence-electron chi connectivity index (χ2n) is 6.50. The van der Waals surface area contributed by atoms with Crippen molar-refractivity contribution in [1.82, 2.24) is 4.90 Å². The number of benzene rings is 2. The maximum absolute atomic E-state index is 13.3. The van der Waals surface area contributed by atoms with Gasteiger partial charge in [-0.2, -0.15) is 0 Å². The van der Waals surface area contributed by atoms with Crippen LogP contribution in [0.25, 0.3) is 10.8 Å². The molecule has 4 nitrogen and oxygen atoms in total. The van der Waals surface area contributed by atoms with Gasteiger partial charge in [0.25, 0.3) is 5.91 Å². The Balaban J connectivity index is 1.70. The Morgan fingerprint density at radius 2 is 2.04 bits per heavy atom. The topological polar surface area (TPSA) is 38.8 Å². The first-order valence-electron chi connectivity index (χ1n) is 8.81. The Morgan fingerprint density at radius 3 is 2.92 bits per heavy atom. The fourth-order valence-corrected chi connectivity index (χ4v) is 4.12. The van der Waals surface area contributed by atoms with Gasteiger partial charge in [-0.15, -0.1) is 0 Å². The minimum Gasteiger partial charge on any atom is -0.374 e. The van der Waals surface area contributed by atoms with E-state index in [1.165, 1.54) is 0 Å². The zero-order chi connectivity index (χ0) is 16.5. The first-order valence-corrected chi connectivity index (χ1v) is 8.81. The van der Waals surface area contributed by atoms with E-state index in [4.69, 9.17) is 9.47 Å². The molecule has 3 atom stereocenters. The zero-order valence-electron chi connectivity index (χ0n) is 14.0. The third-order valence-electron chi connectivity index (χ3n) is 5.20. The molecule has 4 heteroatoms. The summed E-state index contributed by atoms with van der Waals surface area (Å²) < 4.78 is 11.9. The van der Waals surface area contributed by atoms with Crippen molar-refractivity contribution >= 4 is 16.7 Å². The van der Waals surface area contributed by atoms with E-state index in [1.807, 2.05) is 54.3 Å². The van der Waals surface area contributed by atoms with Gasteiger partial charge in [-0.3, -0.25) is 4.79 Å². The van der Waals surface area contributed by atoms with Gasteiger partial charge in [-0.05, 0) is 36.6 Å². The van der Waals surface area contributed by atoms with Crippen molar-refractivity contribution in [2.24, 2.45) is 0 Å². The Labute approximate surface area is 142 Å². The molecule has 2 bridgehead atoms. The summed E-state index contributed by atoms with van der Waals surface area (Å²) in [5, 5.41) is 2.11. The van der Waals surface area contributed by atoms with Crippen LogP contribution in [-0.2, 0) is 9.47 Å². The summed E-state index contributed by atoms with van der Waals surface area (Å²) in [6.45, 7) is 3.87. The molecule has 24 heavy (non-hydrogen) atoms. The van der Waals surface area contributed by atoms with Crippen LogP contribution in [0.3, 0.4) is 0 Å². The third kappa shape index (κ3) is 2.60. The summed E-state index contributed by atoms with van der Waals surface area (Å²) in [4.78, 5) is 15.3. The number of fused-ring (bicyclic) bond motifs is 3. The van der Waals surface area contributed by atoms with Gasteiger partial charge in [0, 0.05) is 18.7 Å². The fraction of sp³-hybridized carbons (Fsp3) is 0.450. The molecule has 1 saturated carbocycles. The summed E-state index contributed by atoms with van der Waals surface area (Å²) in [5.74, 6) is 0.0904. The highest BCUT2D eigenvalue weighted by Gasteiger charge is 2.44. The molecule has 1 saturated heterocycles. The van der Waals surface area contributed by atoms with E-state index in [9.17, 15) is 4.79 Å². The summed E-state index contributed by atoms with van der Waals surface area (Å²) >= 11 is 0. The van der Waals surface area contributed by atoms with E-state index >= 15 is 0 Å². The number of rotatable bonds is 3. The summed E-state index contributed by atoms with van der Waals surface area (Å²) in [5.41, 5.74) is 0.772. The number of hydrogen-bond acceptors (Lipinski definition) is 3. The molecule has 0 radical (unpaired) electrons. The van der Waals surface area contributed by atoms with Crippen LogP contribution in [0.5, 0.6) is 0 Å². The third-order valence-corrected chi connectivity index (χ3v) is 5.20. The molecule has 2 fully saturated rings. The lowest BCUT2D eigenvalue weighted by Gasteiger charge is -2.31. The highest BCUT2D eigenvalue weighted by atomic mass is 16.5. The van der Waals surface area contributed by atoms with E-state index < -0.39 is 0 Å². The van der Waals surface area contributed by atoms with Crippen LogP contribution in [0, 0.1) is 0 Å². The van der Waals surface area contributed by atoms with Gasteiger partial charge in [0.2, 0.25) is 0 Å². The SMILES string of the molecule is CCO[C@H]1[C@H]2CC[C@H]1OCCN2C(=O)c1cccc2ccccc12. The lowest BCUT2D eigenvalue weighted by Crippen LogP contribution is -2.46. The molecule has 2 aromatic carbocycles. The molecular weight excluding hydrogens is 302 g/mol. The van der Waals surface area contributed by atoms with Crippen LogP contribution in [0.2, 0.25) is 0 Å². The van der Waals surface area contributed by atoms with E-state index in [0.717, 1.165) is 29.2 Å². The van der Waals surface area contributed by atoms with E-state index in [2.05, 4.69) is 0 Å². The Bertz CT molecular complexity index is 739.